The molecule has 0 atom stereocenters. The molecular weight excluding hydrogens is 498 g/mol. The highest BCUT2D eigenvalue weighted by molar-refractivity contribution is 6.30. The van der Waals surface area contributed by atoms with Crippen molar-refractivity contribution >= 4 is 46.7 Å². The second kappa shape index (κ2) is 12.7. The van der Waals surface area contributed by atoms with Crippen LogP contribution in [0.25, 0.3) is 0 Å². The van der Waals surface area contributed by atoms with Gasteiger partial charge in [0, 0.05) is 19.3 Å². The van der Waals surface area contributed by atoms with Gasteiger partial charge in [-0.3, -0.25) is 14.5 Å². The Bertz CT molecular complexity index is 1280. The number of rotatable bonds is 9. The van der Waals surface area contributed by atoms with Crippen LogP contribution >= 0.6 is 11.6 Å². The summed E-state index contributed by atoms with van der Waals surface area (Å²) in [7, 11) is 2.81. The van der Waals surface area contributed by atoms with Gasteiger partial charge in [-0.25, -0.2) is 9.78 Å². The first-order valence-electron chi connectivity index (χ1n) is 11.4. The van der Waals surface area contributed by atoms with Crippen LogP contribution in [0.15, 0.2) is 54.7 Å². The zero-order valence-corrected chi connectivity index (χ0v) is 21.5. The van der Waals surface area contributed by atoms with Crippen molar-refractivity contribution in [3.05, 3.63) is 76.4 Å². The minimum absolute atomic E-state index is 0.213. The van der Waals surface area contributed by atoms with Gasteiger partial charge < -0.3 is 25.8 Å². The zero-order valence-electron chi connectivity index (χ0n) is 20.7. The van der Waals surface area contributed by atoms with E-state index in [9.17, 15) is 14.4 Å². The molecule has 11 heteroatoms. The summed E-state index contributed by atoms with van der Waals surface area (Å²) in [6.45, 7) is 2.52. The highest BCUT2D eigenvalue weighted by Gasteiger charge is 2.20. The number of nitrogens with two attached hydrogens (primary N) is 1. The topological polar surface area (TPSA) is 136 Å². The van der Waals surface area contributed by atoms with E-state index in [1.165, 1.54) is 31.3 Å². The van der Waals surface area contributed by atoms with E-state index in [4.69, 9.17) is 26.8 Å². The number of aromatic nitrogens is 1. The van der Waals surface area contributed by atoms with Crippen molar-refractivity contribution in [1.29, 1.82) is 0 Å². The molecule has 194 valence electrons. The van der Waals surface area contributed by atoms with E-state index in [-0.39, 0.29) is 23.5 Å². The molecule has 37 heavy (non-hydrogen) atoms. The number of benzene rings is 2. The van der Waals surface area contributed by atoms with Crippen molar-refractivity contribution in [1.82, 2.24) is 4.98 Å². The van der Waals surface area contributed by atoms with Crippen LogP contribution in [0, 0.1) is 6.92 Å². The predicted octanol–water partition coefficient (Wildman–Crippen LogP) is 4.48. The molecule has 0 saturated heterocycles. The number of methoxy groups -OCH3 is 1. The molecule has 1 aromatic heterocycles. The second-order valence-electron chi connectivity index (χ2n) is 8.02. The number of anilines is 3. The van der Waals surface area contributed by atoms with Gasteiger partial charge in [0.15, 0.2) is 0 Å². The summed E-state index contributed by atoms with van der Waals surface area (Å²) in [6.07, 6.45) is 1.42. The van der Waals surface area contributed by atoms with Gasteiger partial charge in [-0.1, -0.05) is 23.2 Å². The van der Waals surface area contributed by atoms with Gasteiger partial charge in [0.25, 0.3) is 11.8 Å². The number of halogens is 1. The van der Waals surface area contributed by atoms with Crippen molar-refractivity contribution < 1.29 is 23.9 Å². The number of aryl methyl sites for hydroxylation is 1. The molecule has 0 fully saturated rings. The third kappa shape index (κ3) is 7.18. The predicted molar refractivity (Wildman–Crippen MR) is 143 cm³/mol. The highest BCUT2D eigenvalue weighted by Crippen LogP contribution is 2.28. The SMILES string of the molecule is COC(=O)N(C)c1ccc(C(=O)Nc2ccc(C)cc2C(=O)Nc2ccc(Cl)cn2)c(OCCCN)c1. The van der Waals surface area contributed by atoms with E-state index in [0.29, 0.717) is 35.2 Å². The van der Waals surface area contributed by atoms with Crippen LogP contribution in [-0.4, -0.2) is 50.2 Å². The summed E-state index contributed by atoms with van der Waals surface area (Å²) >= 11 is 5.86. The largest absolute Gasteiger partial charge is 0.493 e. The summed E-state index contributed by atoms with van der Waals surface area (Å²) in [6, 6.07) is 13.0. The Labute approximate surface area is 219 Å². The van der Waals surface area contributed by atoms with E-state index in [1.54, 1.807) is 42.5 Å². The minimum Gasteiger partial charge on any atom is -0.493 e. The fourth-order valence-corrected chi connectivity index (χ4v) is 3.42. The van der Waals surface area contributed by atoms with Crippen molar-refractivity contribution in [2.45, 2.75) is 13.3 Å². The van der Waals surface area contributed by atoms with Crippen LogP contribution in [0.4, 0.5) is 22.0 Å². The summed E-state index contributed by atoms with van der Waals surface area (Å²) in [5.74, 6) is -0.391. The first-order valence-corrected chi connectivity index (χ1v) is 11.7. The number of nitrogens with one attached hydrogen (secondary N) is 2. The van der Waals surface area contributed by atoms with Crippen molar-refractivity contribution in [3.8, 4) is 5.75 Å². The molecule has 0 saturated carbocycles. The summed E-state index contributed by atoms with van der Waals surface area (Å²) in [5, 5.41) is 5.93. The maximum atomic E-state index is 13.3. The molecule has 4 N–H and O–H groups in total. The Kier molecular flexibility index (Phi) is 9.42. The summed E-state index contributed by atoms with van der Waals surface area (Å²) < 4.78 is 10.6. The number of hydrogen-bond acceptors (Lipinski definition) is 7. The molecule has 0 radical (unpaired) electrons. The first kappa shape index (κ1) is 27.4. The molecule has 1 heterocycles. The van der Waals surface area contributed by atoms with E-state index in [0.717, 1.165) is 5.56 Å². The van der Waals surface area contributed by atoms with Crippen LogP contribution < -0.4 is 26.0 Å². The number of nitrogens with zero attached hydrogens (tertiary/aromatic N) is 2. The monoisotopic (exact) mass is 525 g/mol. The maximum absolute atomic E-state index is 13.3. The van der Waals surface area contributed by atoms with Gasteiger partial charge >= 0.3 is 6.09 Å². The molecule has 0 unspecified atom stereocenters. The Morgan fingerprint density at radius 3 is 2.46 bits per heavy atom. The van der Waals surface area contributed by atoms with Gasteiger partial charge in [-0.2, -0.15) is 0 Å². The van der Waals surface area contributed by atoms with E-state index >= 15 is 0 Å². The number of ether oxygens (including phenoxy) is 2. The molecule has 0 spiro atoms. The van der Waals surface area contributed by atoms with Crippen LogP contribution in [0.2, 0.25) is 5.02 Å². The quantitative estimate of drug-likeness (QED) is 0.350. The van der Waals surface area contributed by atoms with Gasteiger partial charge in [0.2, 0.25) is 0 Å². The molecule has 0 aliphatic heterocycles. The van der Waals surface area contributed by atoms with Crippen molar-refractivity contribution in [2.24, 2.45) is 5.73 Å². The minimum atomic E-state index is -0.574. The molecule has 0 aliphatic carbocycles. The standard InChI is InChI=1S/C26H28ClN5O5/c1-16-5-9-21(20(13-16)25(34)31-23-10-6-17(27)15-29-23)30-24(33)19-8-7-18(32(2)26(35)36-3)14-22(19)37-12-4-11-28/h5-10,13-15H,4,11-12,28H2,1-3H3,(H,30,33)(H,29,31,34). The Morgan fingerprint density at radius 1 is 1.03 bits per heavy atom. The average Bonchev–Trinajstić information content (AvgIpc) is 2.90. The van der Waals surface area contributed by atoms with Gasteiger partial charge in [0.1, 0.15) is 11.6 Å². The smallest absolute Gasteiger partial charge is 0.413 e. The lowest BCUT2D eigenvalue weighted by Crippen LogP contribution is -2.26. The lowest BCUT2D eigenvalue weighted by atomic mass is 10.1. The molecular formula is C26H28ClN5O5. The third-order valence-corrected chi connectivity index (χ3v) is 5.51. The third-order valence-electron chi connectivity index (χ3n) is 5.29. The van der Waals surface area contributed by atoms with Gasteiger partial charge in [-0.05, 0) is 56.3 Å². The fourth-order valence-electron chi connectivity index (χ4n) is 3.31. The van der Waals surface area contributed by atoms with E-state index in [2.05, 4.69) is 15.6 Å². The van der Waals surface area contributed by atoms with Crippen LogP contribution in [0.3, 0.4) is 0 Å². The normalized spacial score (nSPS) is 10.4. The number of carbonyl (C=O) groups is 3. The van der Waals surface area contributed by atoms with E-state index < -0.39 is 17.9 Å². The summed E-state index contributed by atoms with van der Waals surface area (Å²) in [5.41, 5.74) is 7.63. The number of pyridine rings is 1. The zero-order chi connectivity index (χ0) is 26.9. The van der Waals surface area contributed by atoms with Crippen LogP contribution in [0.1, 0.15) is 32.7 Å². The Hall–Kier alpha value is -4.15. The van der Waals surface area contributed by atoms with Crippen molar-refractivity contribution in [3.63, 3.8) is 0 Å². The molecule has 0 aliphatic rings. The molecule has 3 amide bonds. The Morgan fingerprint density at radius 2 is 1.78 bits per heavy atom. The number of carbonyl (C=O) groups excluding carboxylic acids is 3. The summed E-state index contributed by atoms with van der Waals surface area (Å²) in [4.78, 5) is 43.6. The highest BCUT2D eigenvalue weighted by atomic mass is 35.5. The molecule has 3 aromatic rings. The molecule has 0 bridgehead atoms. The fraction of sp³-hybridized carbons (Fsp3) is 0.231. The number of amides is 3. The molecule has 2 aromatic carbocycles. The lowest BCUT2D eigenvalue weighted by molar-refractivity contribution is 0.102. The second-order valence-corrected chi connectivity index (χ2v) is 8.46. The first-order chi connectivity index (χ1) is 17.7. The lowest BCUT2D eigenvalue weighted by Gasteiger charge is -2.19. The average molecular weight is 526 g/mol. The molecule has 3 rings (SSSR count). The maximum Gasteiger partial charge on any atom is 0.413 e. The van der Waals surface area contributed by atoms with E-state index in [1.807, 2.05) is 6.92 Å². The van der Waals surface area contributed by atoms with Gasteiger partial charge in [0.05, 0.1) is 41.2 Å². The van der Waals surface area contributed by atoms with Crippen molar-refractivity contribution in [2.75, 3.05) is 42.8 Å². The Balaban J connectivity index is 1.89. The van der Waals surface area contributed by atoms with Crippen LogP contribution in [0.5, 0.6) is 5.75 Å². The van der Waals surface area contributed by atoms with Crippen LogP contribution in [-0.2, 0) is 4.74 Å². The van der Waals surface area contributed by atoms with Gasteiger partial charge in [-0.15, -0.1) is 0 Å². The molecule has 10 nitrogen and oxygen atoms in total. The number of hydrogen-bond donors (Lipinski definition) is 3.